The van der Waals surface area contributed by atoms with E-state index in [1.54, 1.807) is 12.4 Å². The Kier molecular flexibility index (Phi) is 4.72. The first-order valence-corrected chi connectivity index (χ1v) is 8.84. The first-order chi connectivity index (χ1) is 13.4. The van der Waals surface area contributed by atoms with E-state index in [-0.39, 0.29) is 0 Å². The number of alkyl halides is 3. The number of fused-ring (bicyclic) bond motifs is 1. The van der Waals surface area contributed by atoms with Gasteiger partial charge in [0, 0.05) is 55.1 Å². The Morgan fingerprint density at radius 2 is 1.86 bits per heavy atom. The quantitative estimate of drug-likeness (QED) is 0.745. The summed E-state index contributed by atoms with van der Waals surface area (Å²) in [6.07, 6.45) is -0.183. The molecule has 0 fully saturated rings. The van der Waals surface area contributed by atoms with Crippen LogP contribution in [0.2, 0.25) is 0 Å². The number of halogens is 3. The third-order valence-electron chi connectivity index (χ3n) is 4.80. The molecule has 0 bridgehead atoms. The Morgan fingerprint density at radius 1 is 1.07 bits per heavy atom. The maximum absolute atomic E-state index is 12.7. The molecule has 0 radical (unpaired) electrons. The second-order valence-electron chi connectivity index (χ2n) is 6.75. The second-order valence-corrected chi connectivity index (χ2v) is 6.75. The number of nitrogens with zero attached hydrogens (tertiary/aromatic N) is 4. The van der Waals surface area contributed by atoms with Gasteiger partial charge in [-0.15, -0.1) is 0 Å². The minimum atomic E-state index is -4.35. The number of hydrogen-bond donors (Lipinski definition) is 1. The van der Waals surface area contributed by atoms with E-state index in [1.807, 2.05) is 12.1 Å². The molecule has 3 heterocycles. The van der Waals surface area contributed by atoms with Gasteiger partial charge in [-0.3, -0.25) is 4.90 Å². The van der Waals surface area contributed by atoms with E-state index in [0.717, 1.165) is 41.9 Å². The minimum absolute atomic E-state index is 0.442. The topological polar surface area (TPSA) is 67.9 Å². The molecule has 0 atom stereocenters. The standard InChI is InChI=1S/C20H18F3N5/c21-20(22,23)16-5-3-13(4-6-16)19-26-10-15-12-28(9-7-17(15)27-19)11-14-2-1-8-25-18(14)24/h1-6,8,10H,7,9,11-12H2,(H2,24,25). The summed E-state index contributed by atoms with van der Waals surface area (Å²) >= 11 is 0. The minimum Gasteiger partial charge on any atom is -0.383 e. The van der Waals surface area contributed by atoms with Gasteiger partial charge in [0.25, 0.3) is 0 Å². The number of anilines is 1. The molecule has 0 aliphatic carbocycles. The number of nitrogens with two attached hydrogens (primary N) is 1. The van der Waals surface area contributed by atoms with Crippen molar-refractivity contribution < 1.29 is 13.2 Å². The van der Waals surface area contributed by atoms with Gasteiger partial charge in [0.15, 0.2) is 5.82 Å². The van der Waals surface area contributed by atoms with Gasteiger partial charge in [-0.2, -0.15) is 13.2 Å². The lowest BCUT2D eigenvalue weighted by Gasteiger charge is -2.28. The molecule has 1 aliphatic heterocycles. The molecule has 2 aromatic heterocycles. The molecule has 0 saturated heterocycles. The van der Waals surface area contributed by atoms with Crippen molar-refractivity contribution in [2.24, 2.45) is 0 Å². The maximum atomic E-state index is 12.7. The molecule has 144 valence electrons. The number of pyridine rings is 1. The highest BCUT2D eigenvalue weighted by molar-refractivity contribution is 5.56. The molecular weight excluding hydrogens is 367 g/mol. The molecule has 0 spiro atoms. The van der Waals surface area contributed by atoms with Crippen molar-refractivity contribution in [3.05, 3.63) is 71.2 Å². The van der Waals surface area contributed by atoms with E-state index in [4.69, 9.17) is 5.73 Å². The molecule has 3 aromatic rings. The van der Waals surface area contributed by atoms with Gasteiger partial charge in [0.05, 0.1) is 11.3 Å². The van der Waals surface area contributed by atoms with Gasteiger partial charge in [0.1, 0.15) is 5.82 Å². The lowest BCUT2D eigenvalue weighted by atomic mass is 10.1. The Hall–Kier alpha value is -3.00. The number of aromatic nitrogens is 3. The second kappa shape index (κ2) is 7.20. The van der Waals surface area contributed by atoms with Crippen molar-refractivity contribution in [2.75, 3.05) is 12.3 Å². The van der Waals surface area contributed by atoms with Crippen LogP contribution in [0.4, 0.5) is 19.0 Å². The van der Waals surface area contributed by atoms with Gasteiger partial charge in [0.2, 0.25) is 0 Å². The highest BCUT2D eigenvalue weighted by Gasteiger charge is 2.30. The van der Waals surface area contributed by atoms with E-state index in [0.29, 0.717) is 30.3 Å². The van der Waals surface area contributed by atoms with Gasteiger partial charge >= 0.3 is 6.18 Å². The van der Waals surface area contributed by atoms with Crippen molar-refractivity contribution >= 4 is 5.82 Å². The molecule has 5 nitrogen and oxygen atoms in total. The molecule has 1 aromatic carbocycles. The lowest BCUT2D eigenvalue weighted by molar-refractivity contribution is -0.137. The van der Waals surface area contributed by atoms with Gasteiger partial charge in [-0.25, -0.2) is 15.0 Å². The summed E-state index contributed by atoms with van der Waals surface area (Å²) in [6.45, 7) is 2.20. The fourth-order valence-electron chi connectivity index (χ4n) is 3.28. The number of hydrogen-bond acceptors (Lipinski definition) is 5. The summed E-state index contributed by atoms with van der Waals surface area (Å²) in [5.41, 5.74) is 8.74. The number of rotatable bonds is 3. The summed E-state index contributed by atoms with van der Waals surface area (Å²) in [4.78, 5) is 15.3. The average molecular weight is 385 g/mol. The molecule has 0 saturated carbocycles. The molecule has 0 amide bonds. The van der Waals surface area contributed by atoms with Crippen LogP contribution in [0.3, 0.4) is 0 Å². The van der Waals surface area contributed by atoms with Crippen LogP contribution in [0.1, 0.15) is 22.4 Å². The summed E-state index contributed by atoms with van der Waals surface area (Å²) in [5.74, 6) is 0.972. The first kappa shape index (κ1) is 18.4. The van der Waals surface area contributed by atoms with Gasteiger partial charge in [-0.1, -0.05) is 18.2 Å². The van der Waals surface area contributed by atoms with Crippen LogP contribution < -0.4 is 5.73 Å². The van der Waals surface area contributed by atoms with Gasteiger partial charge in [-0.05, 0) is 18.2 Å². The third kappa shape index (κ3) is 3.82. The molecule has 8 heteroatoms. The molecule has 2 N–H and O–H groups in total. The van der Waals surface area contributed by atoms with Crippen LogP contribution in [0.25, 0.3) is 11.4 Å². The molecule has 1 aliphatic rings. The first-order valence-electron chi connectivity index (χ1n) is 8.84. The molecule has 28 heavy (non-hydrogen) atoms. The molecular formula is C20H18F3N5. The smallest absolute Gasteiger partial charge is 0.383 e. The molecule has 0 unspecified atom stereocenters. The Labute approximate surface area is 160 Å². The van der Waals surface area contributed by atoms with Crippen molar-refractivity contribution in [1.82, 2.24) is 19.9 Å². The number of benzene rings is 1. The van der Waals surface area contributed by atoms with Crippen molar-refractivity contribution in [3.63, 3.8) is 0 Å². The largest absolute Gasteiger partial charge is 0.416 e. The maximum Gasteiger partial charge on any atom is 0.416 e. The van der Waals surface area contributed by atoms with Crippen LogP contribution in [0.5, 0.6) is 0 Å². The van der Waals surface area contributed by atoms with Crippen LogP contribution in [-0.2, 0) is 25.7 Å². The van der Waals surface area contributed by atoms with Gasteiger partial charge < -0.3 is 5.73 Å². The Morgan fingerprint density at radius 3 is 2.57 bits per heavy atom. The monoisotopic (exact) mass is 385 g/mol. The predicted molar refractivity (Wildman–Crippen MR) is 98.9 cm³/mol. The average Bonchev–Trinajstić information content (AvgIpc) is 2.69. The van der Waals surface area contributed by atoms with Crippen LogP contribution in [0, 0.1) is 0 Å². The predicted octanol–water partition coefficient (Wildman–Crippen LogP) is 3.70. The highest BCUT2D eigenvalue weighted by atomic mass is 19.4. The molecule has 4 rings (SSSR count). The van der Waals surface area contributed by atoms with Crippen LogP contribution in [0.15, 0.2) is 48.8 Å². The Bertz CT molecular complexity index is 986. The summed E-state index contributed by atoms with van der Waals surface area (Å²) < 4.78 is 38.2. The summed E-state index contributed by atoms with van der Waals surface area (Å²) in [5, 5.41) is 0. The van der Waals surface area contributed by atoms with E-state index < -0.39 is 11.7 Å². The van der Waals surface area contributed by atoms with E-state index in [2.05, 4.69) is 19.9 Å². The fraction of sp³-hybridized carbons (Fsp3) is 0.250. The number of nitrogen functional groups attached to an aromatic ring is 1. The summed E-state index contributed by atoms with van der Waals surface area (Å²) in [7, 11) is 0. The van der Waals surface area contributed by atoms with E-state index >= 15 is 0 Å². The van der Waals surface area contributed by atoms with E-state index in [1.165, 1.54) is 12.1 Å². The SMILES string of the molecule is Nc1ncccc1CN1CCc2nc(-c3ccc(C(F)(F)F)cc3)ncc2C1. The van der Waals surface area contributed by atoms with Crippen molar-refractivity contribution in [3.8, 4) is 11.4 Å². The zero-order valence-electron chi connectivity index (χ0n) is 14.9. The van der Waals surface area contributed by atoms with Crippen LogP contribution >= 0.6 is 0 Å². The van der Waals surface area contributed by atoms with Crippen molar-refractivity contribution in [1.29, 1.82) is 0 Å². The van der Waals surface area contributed by atoms with Crippen LogP contribution in [-0.4, -0.2) is 26.4 Å². The fourth-order valence-corrected chi connectivity index (χ4v) is 3.28. The lowest BCUT2D eigenvalue weighted by Crippen LogP contribution is -2.31. The Balaban J connectivity index is 1.50. The summed E-state index contributed by atoms with van der Waals surface area (Å²) in [6, 6.07) is 8.75. The zero-order chi connectivity index (χ0) is 19.7. The zero-order valence-corrected chi connectivity index (χ0v) is 14.9. The third-order valence-corrected chi connectivity index (χ3v) is 4.80. The van der Waals surface area contributed by atoms with E-state index in [9.17, 15) is 13.2 Å². The highest BCUT2D eigenvalue weighted by Crippen LogP contribution is 2.30. The van der Waals surface area contributed by atoms with Crippen molar-refractivity contribution in [2.45, 2.75) is 25.7 Å². The normalized spacial score (nSPS) is 14.7.